The van der Waals surface area contributed by atoms with Crippen LogP contribution >= 0.6 is 0 Å². The summed E-state index contributed by atoms with van der Waals surface area (Å²) in [5, 5.41) is 14.8. The van der Waals surface area contributed by atoms with Crippen molar-refractivity contribution in [3.8, 4) is 44.8 Å². The van der Waals surface area contributed by atoms with E-state index in [1.807, 2.05) is 0 Å². The molecule has 0 unspecified atom stereocenters. The fourth-order valence-electron chi connectivity index (χ4n) is 11.2. The van der Waals surface area contributed by atoms with E-state index in [2.05, 4.69) is 252 Å². The van der Waals surface area contributed by atoms with Crippen molar-refractivity contribution in [3.05, 3.63) is 243 Å². The summed E-state index contributed by atoms with van der Waals surface area (Å²) in [7, 11) is 0. The zero-order chi connectivity index (χ0) is 43.3. The maximum atomic E-state index is 2.47. The first-order valence-electron chi connectivity index (χ1n) is 22.8. The number of rotatable bonds is 5. The van der Waals surface area contributed by atoms with E-state index in [4.69, 9.17) is 0 Å². The molecule has 0 spiro atoms. The Balaban J connectivity index is 1.16. The molecule has 2 heteroatoms. The van der Waals surface area contributed by atoms with Gasteiger partial charge in [0.25, 0.3) is 0 Å². The second-order valence-corrected chi connectivity index (χ2v) is 17.6. The Labute approximate surface area is 381 Å². The molecule has 0 N–H and O–H groups in total. The van der Waals surface area contributed by atoms with Crippen molar-refractivity contribution >= 4 is 86.7 Å². The van der Waals surface area contributed by atoms with Crippen LogP contribution in [0.4, 0.5) is 0 Å². The molecule has 0 aliphatic rings. The van der Waals surface area contributed by atoms with Gasteiger partial charge in [0, 0.05) is 32.9 Å². The molecule has 2 nitrogen and oxygen atoms in total. The summed E-state index contributed by atoms with van der Waals surface area (Å²) in [5.41, 5.74) is 14.4. The van der Waals surface area contributed by atoms with Crippen molar-refractivity contribution < 1.29 is 0 Å². The van der Waals surface area contributed by atoms with E-state index in [9.17, 15) is 0 Å². The lowest BCUT2D eigenvalue weighted by atomic mass is 9.82. The van der Waals surface area contributed by atoms with Gasteiger partial charge in [-0.2, -0.15) is 0 Å². The first-order chi connectivity index (χ1) is 32.8. The summed E-state index contributed by atoms with van der Waals surface area (Å²) < 4.78 is 4.91. The van der Waals surface area contributed by atoms with Crippen LogP contribution < -0.4 is 0 Å². The first-order valence-corrected chi connectivity index (χ1v) is 22.8. The second kappa shape index (κ2) is 14.4. The Kier molecular flexibility index (Phi) is 8.02. The number of para-hydroxylation sites is 4. The van der Waals surface area contributed by atoms with E-state index in [1.54, 1.807) is 0 Å². The van der Waals surface area contributed by atoms with Crippen LogP contribution in [0.3, 0.4) is 0 Å². The predicted molar refractivity (Wildman–Crippen MR) is 281 cm³/mol. The van der Waals surface area contributed by atoms with Gasteiger partial charge in [-0.3, -0.25) is 0 Å². The van der Waals surface area contributed by atoms with Gasteiger partial charge in [-0.25, -0.2) is 0 Å². The zero-order valence-corrected chi connectivity index (χ0v) is 36.0. The monoisotopic (exact) mass is 836 g/mol. The average Bonchev–Trinajstić information content (AvgIpc) is 3.90. The Morgan fingerprint density at radius 3 is 1.18 bits per heavy atom. The van der Waals surface area contributed by atoms with E-state index < -0.39 is 0 Å². The molecule has 0 fully saturated rings. The molecule has 0 saturated carbocycles. The molecule has 0 radical (unpaired) electrons. The Hall–Kier alpha value is -8.72. The molecule has 2 aromatic heterocycles. The molecule has 12 aromatic carbocycles. The highest BCUT2D eigenvalue weighted by atomic mass is 15.0. The van der Waals surface area contributed by atoms with Crippen molar-refractivity contribution in [2.24, 2.45) is 0 Å². The van der Waals surface area contributed by atoms with Gasteiger partial charge in [-0.05, 0) is 131 Å². The minimum absolute atomic E-state index is 1.13. The standard InChI is InChI=1S/C64H40N2/c1-2-18-43-38-44(33-32-41(43)16-1)48-21-5-6-26-53(48)63-55-36-34-46(66-61-30-13-9-24-51(61)52-25-10-14-31-62(52)66)40-58(55)64(54-27-15-19-42-17-3-4-20-47(42)54)56-37-35-45(39-57(56)63)65-59-28-11-7-22-49(59)50-23-8-12-29-60(50)65/h1-40H. The van der Waals surface area contributed by atoms with Crippen LogP contribution in [0, 0.1) is 0 Å². The molecule has 14 aromatic rings. The van der Waals surface area contributed by atoms with E-state index >= 15 is 0 Å². The molecule has 66 heavy (non-hydrogen) atoms. The van der Waals surface area contributed by atoms with Crippen molar-refractivity contribution in [2.75, 3.05) is 0 Å². The third-order valence-corrected chi connectivity index (χ3v) is 14.1. The van der Waals surface area contributed by atoms with Crippen molar-refractivity contribution in [1.82, 2.24) is 9.13 Å². The molecule has 306 valence electrons. The number of nitrogens with zero attached hydrogens (tertiary/aromatic N) is 2. The summed E-state index contributed by atoms with van der Waals surface area (Å²) in [6.45, 7) is 0. The molecule has 0 saturated heterocycles. The van der Waals surface area contributed by atoms with Gasteiger partial charge in [0.2, 0.25) is 0 Å². The molecular formula is C64H40N2. The molecule has 0 atom stereocenters. The van der Waals surface area contributed by atoms with Gasteiger partial charge in [-0.1, -0.05) is 188 Å². The minimum Gasteiger partial charge on any atom is -0.309 e. The van der Waals surface area contributed by atoms with Crippen LogP contribution in [0.2, 0.25) is 0 Å². The highest BCUT2D eigenvalue weighted by Crippen LogP contribution is 2.49. The van der Waals surface area contributed by atoms with E-state index in [0.29, 0.717) is 0 Å². The lowest BCUT2D eigenvalue weighted by Gasteiger charge is -2.22. The van der Waals surface area contributed by atoms with Gasteiger partial charge in [-0.15, -0.1) is 0 Å². The highest BCUT2D eigenvalue weighted by molar-refractivity contribution is 6.25. The molecule has 14 rings (SSSR count). The highest BCUT2D eigenvalue weighted by Gasteiger charge is 2.23. The lowest BCUT2D eigenvalue weighted by molar-refractivity contribution is 1.18. The van der Waals surface area contributed by atoms with Crippen LogP contribution in [0.1, 0.15) is 0 Å². The van der Waals surface area contributed by atoms with Gasteiger partial charge < -0.3 is 9.13 Å². The quantitative estimate of drug-likeness (QED) is 0.153. The Morgan fingerprint density at radius 2 is 0.621 bits per heavy atom. The summed E-state index contributed by atoms with van der Waals surface area (Å²) in [6, 6.07) is 89.9. The number of fused-ring (bicyclic) bond motifs is 10. The molecule has 0 aliphatic carbocycles. The van der Waals surface area contributed by atoms with Crippen LogP contribution in [-0.4, -0.2) is 9.13 Å². The predicted octanol–water partition coefficient (Wildman–Crippen LogP) is 17.5. The second-order valence-electron chi connectivity index (χ2n) is 17.6. The fourth-order valence-corrected chi connectivity index (χ4v) is 11.2. The average molecular weight is 837 g/mol. The third kappa shape index (κ3) is 5.42. The van der Waals surface area contributed by atoms with Crippen molar-refractivity contribution in [3.63, 3.8) is 0 Å². The van der Waals surface area contributed by atoms with Crippen LogP contribution in [0.5, 0.6) is 0 Å². The van der Waals surface area contributed by atoms with Gasteiger partial charge in [0.05, 0.1) is 22.1 Å². The van der Waals surface area contributed by atoms with Gasteiger partial charge in [0.1, 0.15) is 0 Å². The number of benzene rings is 12. The Morgan fingerprint density at radius 1 is 0.212 bits per heavy atom. The normalized spacial score (nSPS) is 11.9. The maximum absolute atomic E-state index is 2.47. The Bertz CT molecular complexity index is 4180. The van der Waals surface area contributed by atoms with E-state index in [0.717, 1.165) is 11.4 Å². The van der Waals surface area contributed by atoms with Crippen LogP contribution in [0.25, 0.3) is 131 Å². The molecule has 0 bridgehead atoms. The first kappa shape index (κ1) is 36.7. The molecular weight excluding hydrogens is 797 g/mol. The van der Waals surface area contributed by atoms with E-state index in [-0.39, 0.29) is 0 Å². The summed E-state index contributed by atoms with van der Waals surface area (Å²) in [6.07, 6.45) is 0. The molecule has 0 amide bonds. The summed E-state index contributed by atoms with van der Waals surface area (Å²) >= 11 is 0. The van der Waals surface area contributed by atoms with Crippen LogP contribution in [-0.2, 0) is 0 Å². The topological polar surface area (TPSA) is 9.86 Å². The lowest BCUT2D eigenvalue weighted by Crippen LogP contribution is -1.99. The number of hydrogen-bond acceptors (Lipinski definition) is 0. The molecule has 0 aliphatic heterocycles. The summed E-state index contributed by atoms with van der Waals surface area (Å²) in [4.78, 5) is 0. The number of aromatic nitrogens is 2. The van der Waals surface area contributed by atoms with Crippen LogP contribution in [0.15, 0.2) is 243 Å². The summed E-state index contributed by atoms with van der Waals surface area (Å²) in [5.74, 6) is 0. The smallest absolute Gasteiger partial charge is 0.0541 e. The van der Waals surface area contributed by atoms with Gasteiger partial charge in [0.15, 0.2) is 0 Å². The fraction of sp³-hybridized carbons (Fsp3) is 0. The van der Waals surface area contributed by atoms with Gasteiger partial charge >= 0.3 is 0 Å². The minimum atomic E-state index is 1.13. The largest absolute Gasteiger partial charge is 0.309 e. The number of hydrogen-bond donors (Lipinski definition) is 0. The van der Waals surface area contributed by atoms with E-state index in [1.165, 1.54) is 120 Å². The SMILES string of the molecule is c1ccc(-c2c3cc(-n4c5ccccc5c5ccccc54)ccc3c(-c3cccc4ccccc34)c3cc(-n4c5ccccc5c5ccccc54)ccc23)c(-c2ccc3ccccc3c2)c1. The maximum Gasteiger partial charge on any atom is 0.0541 e. The zero-order valence-electron chi connectivity index (χ0n) is 36.0. The third-order valence-electron chi connectivity index (χ3n) is 14.1. The molecule has 2 heterocycles. The van der Waals surface area contributed by atoms with Crippen molar-refractivity contribution in [2.45, 2.75) is 0 Å². The van der Waals surface area contributed by atoms with Crippen molar-refractivity contribution in [1.29, 1.82) is 0 Å².